The van der Waals surface area contributed by atoms with E-state index < -0.39 is 10.0 Å². The molecule has 2 aliphatic heterocycles. The lowest BCUT2D eigenvalue weighted by atomic mass is 9.94. The molecule has 6 nitrogen and oxygen atoms in total. The average Bonchev–Trinajstić information content (AvgIpc) is 2.61. The number of hydrogen-bond acceptors (Lipinski definition) is 4. The molecule has 2 saturated heterocycles. The molecule has 0 bridgehead atoms. The van der Waals surface area contributed by atoms with Gasteiger partial charge < -0.3 is 9.80 Å². The summed E-state index contributed by atoms with van der Waals surface area (Å²) in [4.78, 5) is 16.9. The molecular formula is C19H29N3O3S. The Kier molecular flexibility index (Phi) is 5.69. The van der Waals surface area contributed by atoms with E-state index in [1.807, 2.05) is 11.9 Å². The number of benzene rings is 1. The molecule has 0 aliphatic carbocycles. The molecule has 2 atom stereocenters. The van der Waals surface area contributed by atoms with Gasteiger partial charge in [0.2, 0.25) is 10.0 Å². The lowest BCUT2D eigenvalue weighted by Gasteiger charge is -2.34. The zero-order valence-corrected chi connectivity index (χ0v) is 16.7. The first-order chi connectivity index (χ1) is 12.3. The Bertz CT molecular complexity index is 730. The van der Waals surface area contributed by atoms with E-state index in [0.29, 0.717) is 43.6 Å². The van der Waals surface area contributed by atoms with Gasteiger partial charge in [-0.05, 0) is 49.6 Å². The highest BCUT2D eigenvalue weighted by Gasteiger charge is 2.31. The minimum absolute atomic E-state index is 0.0257. The van der Waals surface area contributed by atoms with Crippen molar-refractivity contribution in [3.8, 4) is 0 Å². The van der Waals surface area contributed by atoms with Crippen LogP contribution >= 0.6 is 0 Å². The summed E-state index contributed by atoms with van der Waals surface area (Å²) < 4.78 is 27.4. The van der Waals surface area contributed by atoms with Gasteiger partial charge in [0, 0.05) is 44.8 Å². The van der Waals surface area contributed by atoms with E-state index in [1.54, 1.807) is 28.6 Å². The SMILES string of the molecule is C[C@@H]1C[C@@H](C)CN(S(=O)(=O)c2ccc(C(=O)N3CCN(C)CC3)cc2)C1. The molecule has 1 aromatic rings. The molecule has 0 unspecified atom stereocenters. The maximum atomic E-state index is 12.9. The Morgan fingerprint density at radius 3 is 2.04 bits per heavy atom. The number of rotatable bonds is 3. The predicted octanol–water partition coefficient (Wildman–Crippen LogP) is 1.74. The van der Waals surface area contributed by atoms with Crippen molar-refractivity contribution in [2.45, 2.75) is 25.2 Å². The third-order valence-corrected chi connectivity index (χ3v) is 7.21. The van der Waals surface area contributed by atoms with Crippen molar-refractivity contribution in [3.63, 3.8) is 0 Å². The molecule has 3 rings (SSSR count). The molecule has 0 aromatic heterocycles. The Balaban J connectivity index is 1.73. The van der Waals surface area contributed by atoms with Crippen molar-refractivity contribution in [3.05, 3.63) is 29.8 Å². The predicted molar refractivity (Wildman–Crippen MR) is 102 cm³/mol. The van der Waals surface area contributed by atoms with Crippen molar-refractivity contribution in [2.75, 3.05) is 46.3 Å². The number of sulfonamides is 1. The van der Waals surface area contributed by atoms with E-state index in [1.165, 1.54) is 0 Å². The van der Waals surface area contributed by atoms with Crippen molar-refractivity contribution in [1.29, 1.82) is 0 Å². The molecule has 1 amide bonds. The van der Waals surface area contributed by atoms with Crippen molar-refractivity contribution < 1.29 is 13.2 Å². The number of likely N-dealkylation sites (N-methyl/N-ethyl adjacent to an activating group) is 1. The fourth-order valence-corrected chi connectivity index (χ4v) is 5.59. The summed E-state index contributed by atoms with van der Waals surface area (Å²) in [6.45, 7) is 8.46. The second kappa shape index (κ2) is 7.66. The minimum atomic E-state index is -3.50. The fourth-order valence-electron chi connectivity index (χ4n) is 3.91. The second-order valence-corrected chi connectivity index (χ2v) is 9.83. The summed E-state index contributed by atoms with van der Waals surface area (Å²) in [5.41, 5.74) is 0.550. The van der Waals surface area contributed by atoms with Crippen LogP contribution in [0.25, 0.3) is 0 Å². The minimum Gasteiger partial charge on any atom is -0.336 e. The number of carbonyl (C=O) groups excluding carboxylic acids is 1. The number of piperazine rings is 1. The standard InChI is InChI=1S/C19H29N3O3S/c1-15-12-16(2)14-22(13-15)26(24,25)18-6-4-17(5-7-18)19(23)21-10-8-20(3)9-11-21/h4-7,15-16H,8-14H2,1-3H3/t15-,16-/m1/s1. The zero-order chi connectivity index (χ0) is 18.9. The molecule has 2 aliphatic rings. The Labute approximate surface area is 156 Å². The van der Waals surface area contributed by atoms with Crippen LogP contribution < -0.4 is 0 Å². The molecular weight excluding hydrogens is 350 g/mol. The summed E-state index contributed by atoms with van der Waals surface area (Å²) in [7, 11) is -1.46. The Morgan fingerprint density at radius 1 is 0.962 bits per heavy atom. The number of carbonyl (C=O) groups is 1. The van der Waals surface area contributed by atoms with E-state index in [4.69, 9.17) is 0 Å². The molecule has 7 heteroatoms. The summed E-state index contributed by atoms with van der Waals surface area (Å²) in [6.07, 6.45) is 1.06. The lowest BCUT2D eigenvalue weighted by Crippen LogP contribution is -2.47. The largest absolute Gasteiger partial charge is 0.336 e. The van der Waals surface area contributed by atoms with Crippen LogP contribution in [-0.2, 0) is 10.0 Å². The molecule has 2 heterocycles. The van der Waals surface area contributed by atoms with Crippen LogP contribution in [0, 0.1) is 11.8 Å². The van der Waals surface area contributed by atoms with E-state index in [9.17, 15) is 13.2 Å². The van der Waals surface area contributed by atoms with Crippen LogP contribution in [0.3, 0.4) is 0 Å². The molecule has 0 spiro atoms. The van der Waals surface area contributed by atoms with Gasteiger partial charge in [-0.15, -0.1) is 0 Å². The topological polar surface area (TPSA) is 60.9 Å². The smallest absolute Gasteiger partial charge is 0.253 e. The first-order valence-electron chi connectivity index (χ1n) is 9.35. The maximum Gasteiger partial charge on any atom is 0.253 e. The molecule has 26 heavy (non-hydrogen) atoms. The van der Waals surface area contributed by atoms with Crippen LogP contribution in [-0.4, -0.2) is 74.7 Å². The van der Waals surface area contributed by atoms with Crippen LogP contribution in [0.4, 0.5) is 0 Å². The van der Waals surface area contributed by atoms with Gasteiger partial charge in [-0.1, -0.05) is 13.8 Å². The third kappa shape index (κ3) is 4.10. The van der Waals surface area contributed by atoms with Gasteiger partial charge in [-0.3, -0.25) is 4.79 Å². The molecule has 0 saturated carbocycles. The van der Waals surface area contributed by atoms with E-state index in [2.05, 4.69) is 18.7 Å². The molecule has 2 fully saturated rings. The van der Waals surface area contributed by atoms with E-state index in [0.717, 1.165) is 19.5 Å². The highest BCUT2D eigenvalue weighted by atomic mass is 32.2. The molecule has 0 N–H and O–H groups in total. The van der Waals surface area contributed by atoms with E-state index >= 15 is 0 Å². The summed E-state index contributed by atoms with van der Waals surface area (Å²) in [6, 6.07) is 6.43. The number of hydrogen-bond donors (Lipinski definition) is 0. The maximum absolute atomic E-state index is 12.9. The summed E-state index contributed by atoms with van der Waals surface area (Å²) in [5, 5.41) is 0. The fraction of sp³-hybridized carbons (Fsp3) is 0.632. The van der Waals surface area contributed by atoms with Crippen LogP contribution in [0.15, 0.2) is 29.2 Å². The normalized spacial score (nSPS) is 26.0. The number of piperidine rings is 1. The first kappa shape index (κ1) is 19.3. The Hall–Kier alpha value is -1.44. The van der Waals surface area contributed by atoms with Gasteiger partial charge in [0.1, 0.15) is 0 Å². The second-order valence-electron chi connectivity index (χ2n) is 7.89. The van der Waals surface area contributed by atoms with Gasteiger partial charge in [-0.25, -0.2) is 8.42 Å². The number of nitrogens with zero attached hydrogens (tertiary/aromatic N) is 3. The van der Waals surface area contributed by atoms with Gasteiger partial charge in [0.05, 0.1) is 4.90 Å². The Morgan fingerprint density at radius 2 is 1.50 bits per heavy atom. The van der Waals surface area contributed by atoms with Crippen molar-refractivity contribution >= 4 is 15.9 Å². The third-order valence-electron chi connectivity index (χ3n) is 5.36. The first-order valence-corrected chi connectivity index (χ1v) is 10.8. The van der Waals surface area contributed by atoms with Crippen LogP contribution in [0.5, 0.6) is 0 Å². The number of amides is 1. The van der Waals surface area contributed by atoms with Gasteiger partial charge >= 0.3 is 0 Å². The summed E-state index contributed by atoms with van der Waals surface area (Å²) >= 11 is 0. The zero-order valence-electron chi connectivity index (χ0n) is 15.9. The average molecular weight is 380 g/mol. The van der Waals surface area contributed by atoms with Crippen molar-refractivity contribution in [1.82, 2.24) is 14.1 Å². The highest BCUT2D eigenvalue weighted by molar-refractivity contribution is 7.89. The molecule has 144 valence electrons. The van der Waals surface area contributed by atoms with Crippen LogP contribution in [0.2, 0.25) is 0 Å². The van der Waals surface area contributed by atoms with E-state index in [-0.39, 0.29) is 10.8 Å². The van der Waals surface area contributed by atoms with Gasteiger partial charge in [-0.2, -0.15) is 4.31 Å². The van der Waals surface area contributed by atoms with Gasteiger partial charge in [0.15, 0.2) is 0 Å². The monoisotopic (exact) mass is 379 g/mol. The molecule has 0 radical (unpaired) electrons. The summed E-state index contributed by atoms with van der Waals surface area (Å²) in [5.74, 6) is 0.709. The molecule has 1 aromatic carbocycles. The van der Waals surface area contributed by atoms with Gasteiger partial charge in [0.25, 0.3) is 5.91 Å². The van der Waals surface area contributed by atoms with Crippen molar-refractivity contribution in [2.24, 2.45) is 11.8 Å². The van der Waals surface area contributed by atoms with Crippen LogP contribution in [0.1, 0.15) is 30.6 Å². The highest BCUT2D eigenvalue weighted by Crippen LogP contribution is 2.26. The quantitative estimate of drug-likeness (QED) is 0.803. The lowest BCUT2D eigenvalue weighted by molar-refractivity contribution is 0.0664.